The van der Waals surface area contributed by atoms with Gasteiger partial charge in [0.2, 0.25) is 5.95 Å². The van der Waals surface area contributed by atoms with Gasteiger partial charge in [0.05, 0.1) is 4.92 Å². The molecule has 0 bridgehead atoms. The lowest BCUT2D eigenvalue weighted by atomic mass is 9.90. The fourth-order valence-electron chi connectivity index (χ4n) is 1.29. The molecule has 1 N–H and O–H groups in total. The molecule has 0 radical (unpaired) electrons. The number of hydrogen-bond acceptors (Lipinski definition) is 6. The van der Waals surface area contributed by atoms with E-state index in [-0.39, 0.29) is 11.1 Å². The second kappa shape index (κ2) is 6.25. The zero-order chi connectivity index (χ0) is 13.6. The molecule has 0 spiro atoms. The van der Waals surface area contributed by atoms with Gasteiger partial charge in [0, 0.05) is 20.3 Å². The van der Waals surface area contributed by atoms with Crippen LogP contribution in [0.5, 0.6) is 0 Å². The molecule has 1 heterocycles. The van der Waals surface area contributed by atoms with E-state index in [4.69, 9.17) is 4.74 Å². The Morgan fingerprint density at radius 3 is 2.56 bits per heavy atom. The molecule has 100 valence electrons. The van der Waals surface area contributed by atoms with E-state index in [1.165, 1.54) is 12.4 Å². The molecule has 1 aromatic heterocycles. The molecule has 1 aromatic rings. The SMILES string of the molecule is COCCC(C)(C)CNc1ncc([N+](=O)[O-])cn1. The van der Waals surface area contributed by atoms with Gasteiger partial charge in [0.25, 0.3) is 0 Å². The van der Waals surface area contributed by atoms with Gasteiger partial charge >= 0.3 is 5.69 Å². The van der Waals surface area contributed by atoms with E-state index in [0.717, 1.165) is 6.42 Å². The van der Waals surface area contributed by atoms with Gasteiger partial charge in [-0.25, -0.2) is 9.97 Å². The minimum absolute atomic E-state index is 0.0428. The zero-order valence-corrected chi connectivity index (χ0v) is 10.8. The van der Waals surface area contributed by atoms with Crippen LogP contribution in [-0.4, -0.2) is 35.2 Å². The number of aromatic nitrogens is 2. The Balaban J connectivity index is 2.50. The summed E-state index contributed by atoms with van der Waals surface area (Å²) in [6.07, 6.45) is 3.29. The quantitative estimate of drug-likeness (QED) is 0.590. The first-order valence-electron chi connectivity index (χ1n) is 5.64. The molecular formula is C11H18N4O3. The van der Waals surface area contributed by atoms with Crippen LogP contribution in [0.15, 0.2) is 12.4 Å². The highest BCUT2D eigenvalue weighted by Gasteiger charge is 2.18. The normalized spacial score (nSPS) is 11.3. The molecule has 7 heteroatoms. The van der Waals surface area contributed by atoms with Crippen LogP contribution < -0.4 is 5.32 Å². The van der Waals surface area contributed by atoms with E-state index in [2.05, 4.69) is 29.1 Å². The smallest absolute Gasteiger partial charge is 0.305 e. The van der Waals surface area contributed by atoms with Gasteiger partial charge in [-0.05, 0) is 11.8 Å². The molecule has 1 rings (SSSR count). The summed E-state index contributed by atoms with van der Waals surface area (Å²) < 4.78 is 5.04. The van der Waals surface area contributed by atoms with Gasteiger partial charge in [-0.3, -0.25) is 10.1 Å². The Bertz CT molecular complexity index is 392. The minimum atomic E-state index is -0.522. The van der Waals surface area contributed by atoms with Crippen molar-refractivity contribution in [3.05, 3.63) is 22.5 Å². The molecule has 0 unspecified atom stereocenters. The van der Waals surface area contributed by atoms with Crippen LogP contribution in [0, 0.1) is 15.5 Å². The number of methoxy groups -OCH3 is 1. The highest BCUT2D eigenvalue weighted by molar-refractivity contribution is 5.30. The summed E-state index contributed by atoms with van der Waals surface area (Å²) >= 11 is 0. The Hall–Kier alpha value is -1.76. The molecule has 0 saturated heterocycles. The number of nitrogens with one attached hydrogen (secondary N) is 1. The van der Waals surface area contributed by atoms with Crippen molar-refractivity contribution < 1.29 is 9.66 Å². The van der Waals surface area contributed by atoms with E-state index in [1.54, 1.807) is 7.11 Å². The predicted octanol–water partition coefficient (Wildman–Crippen LogP) is 1.86. The van der Waals surface area contributed by atoms with E-state index in [9.17, 15) is 10.1 Å². The summed E-state index contributed by atoms with van der Waals surface area (Å²) in [5.41, 5.74) is -0.0691. The summed E-state index contributed by atoms with van der Waals surface area (Å²) in [7, 11) is 1.67. The first-order chi connectivity index (χ1) is 8.44. The van der Waals surface area contributed by atoms with Gasteiger partial charge in [0.15, 0.2) is 0 Å². The molecule has 0 saturated carbocycles. The van der Waals surface area contributed by atoms with Gasteiger partial charge in [-0.1, -0.05) is 13.8 Å². The average Bonchev–Trinajstić information content (AvgIpc) is 2.35. The van der Waals surface area contributed by atoms with Crippen LogP contribution in [0.25, 0.3) is 0 Å². The number of rotatable bonds is 7. The Kier molecular flexibility index (Phi) is 4.96. The number of anilines is 1. The van der Waals surface area contributed by atoms with E-state index >= 15 is 0 Å². The fraction of sp³-hybridized carbons (Fsp3) is 0.636. The third-order valence-electron chi connectivity index (χ3n) is 2.56. The van der Waals surface area contributed by atoms with Crippen molar-refractivity contribution in [2.75, 3.05) is 25.6 Å². The number of nitro groups is 1. The van der Waals surface area contributed by atoms with Crippen molar-refractivity contribution in [3.63, 3.8) is 0 Å². The summed E-state index contributed by atoms with van der Waals surface area (Å²) in [5, 5.41) is 13.5. The maximum atomic E-state index is 10.4. The molecule has 7 nitrogen and oxygen atoms in total. The van der Waals surface area contributed by atoms with Gasteiger partial charge in [-0.15, -0.1) is 0 Å². The van der Waals surface area contributed by atoms with Gasteiger partial charge < -0.3 is 10.1 Å². The Morgan fingerprint density at radius 1 is 1.44 bits per heavy atom. The van der Waals surface area contributed by atoms with Crippen molar-refractivity contribution >= 4 is 11.6 Å². The molecule has 0 fully saturated rings. The summed E-state index contributed by atoms with van der Waals surface area (Å²) in [6, 6.07) is 0. The maximum Gasteiger partial charge on any atom is 0.305 e. The third-order valence-corrected chi connectivity index (χ3v) is 2.56. The first-order valence-corrected chi connectivity index (χ1v) is 5.64. The van der Waals surface area contributed by atoms with Crippen LogP contribution >= 0.6 is 0 Å². The molecule has 0 aromatic carbocycles. The molecule has 0 aliphatic rings. The fourth-order valence-corrected chi connectivity index (χ4v) is 1.29. The predicted molar refractivity (Wildman–Crippen MR) is 67.5 cm³/mol. The lowest BCUT2D eigenvalue weighted by molar-refractivity contribution is -0.385. The standard InChI is InChI=1S/C11H18N4O3/c1-11(2,4-5-18-3)8-14-10-12-6-9(7-13-10)15(16)17/h6-7H,4-5,8H2,1-3H3,(H,12,13,14). The number of ether oxygens (including phenoxy) is 1. The van der Waals surface area contributed by atoms with E-state index < -0.39 is 4.92 Å². The minimum Gasteiger partial charge on any atom is -0.385 e. The number of nitrogens with zero attached hydrogens (tertiary/aromatic N) is 3. The molecule has 0 aliphatic heterocycles. The second-order valence-corrected chi connectivity index (χ2v) is 4.78. The van der Waals surface area contributed by atoms with Crippen LogP contribution in [0.1, 0.15) is 20.3 Å². The molecular weight excluding hydrogens is 236 g/mol. The molecule has 18 heavy (non-hydrogen) atoms. The lowest BCUT2D eigenvalue weighted by Crippen LogP contribution is -2.25. The van der Waals surface area contributed by atoms with Gasteiger partial charge in [-0.2, -0.15) is 0 Å². The maximum absolute atomic E-state index is 10.4. The zero-order valence-electron chi connectivity index (χ0n) is 10.8. The summed E-state index contributed by atoms with van der Waals surface area (Å²) in [4.78, 5) is 17.7. The van der Waals surface area contributed by atoms with Crippen LogP contribution in [0.3, 0.4) is 0 Å². The third kappa shape index (κ3) is 4.62. The van der Waals surface area contributed by atoms with Crippen molar-refractivity contribution in [2.45, 2.75) is 20.3 Å². The molecule has 0 aliphatic carbocycles. The summed E-state index contributed by atoms with van der Waals surface area (Å²) in [5.74, 6) is 0.395. The lowest BCUT2D eigenvalue weighted by Gasteiger charge is -2.24. The van der Waals surface area contributed by atoms with Crippen molar-refractivity contribution in [2.24, 2.45) is 5.41 Å². The van der Waals surface area contributed by atoms with Crippen LogP contribution in [0.2, 0.25) is 0 Å². The van der Waals surface area contributed by atoms with Crippen molar-refractivity contribution in [1.82, 2.24) is 9.97 Å². The van der Waals surface area contributed by atoms with E-state index in [1.807, 2.05) is 0 Å². The number of hydrogen-bond donors (Lipinski definition) is 1. The average molecular weight is 254 g/mol. The van der Waals surface area contributed by atoms with Crippen LogP contribution in [0.4, 0.5) is 11.6 Å². The molecule has 0 atom stereocenters. The largest absolute Gasteiger partial charge is 0.385 e. The van der Waals surface area contributed by atoms with Crippen molar-refractivity contribution in [3.8, 4) is 0 Å². The Morgan fingerprint density at radius 2 is 2.06 bits per heavy atom. The second-order valence-electron chi connectivity index (χ2n) is 4.78. The van der Waals surface area contributed by atoms with E-state index in [0.29, 0.717) is 19.1 Å². The van der Waals surface area contributed by atoms with Crippen LogP contribution in [-0.2, 0) is 4.74 Å². The van der Waals surface area contributed by atoms with Crippen molar-refractivity contribution in [1.29, 1.82) is 0 Å². The monoisotopic (exact) mass is 254 g/mol. The first kappa shape index (κ1) is 14.3. The summed E-state index contributed by atoms with van der Waals surface area (Å²) in [6.45, 7) is 5.57. The van der Waals surface area contributed by atoms with Gasteiger partial charge in [0.1, 0.15) is 12.4 Å². The Labute approximate surface area is 106 Å². The molecule has 0 amide bonds. The highest BCUT2D eigenvalue weighted by Crippen LogP contribution is 2.20. The highest BCUT2D eigenvalue weighted by atomic mass is 16.6. The topological polar surface area (TPSA) is 90.2 Å².